The summed E-state index contributed by atoms with van der Waals surface area (Å²) < 4.78 is 3.85. The van der Waals surface area contributed by atoms with Gasteiger partial charge in [0.25, 0.3) is 0 Å². The van der Waals surface area contributed by atoms with Crippen molar-refractivity contribution in [3.63, 3.8) is 0 Å². The summed E-state index contributed by atoms with van der Waals surface area (Å²) in [6.07, 6.45) is 3.93. The number of aliphatic hydroxyl groups is 1. The van der Waals surface area contributed by atoms with E-state index in [1.807, 2.05) is 40.4 Å². The summed E-state index contributed by atoms with van der Waals surface area (Å²) in [4.78, 5) is 16.6. The van der Waals surface area contributed by atoms with Crippen molar-refractivity contribution < 1.29 is 9.90 Å². The van der Waals surface area contributed by atoms with E-state index in [1.165, 1.54) is 0 Å². The number of benzene rings is 1. The summed E-state index contributed by atoms with van der Waals surface area (Å²) in [6.45, 7) is 0.505. The van der Waals surface area contributed by atoms with Crippen molar-refractivity contribution in [2.45, 2.75) is 44.4 Å². The predicted octanol–water partition coefficient (Wildman–Crippen LogP) is 1.11. The first-order valence-electron chi connectivity index (χ1n) is 8.84. The van der Waals surface area contributed by atoms with Crippen LogP contribution in [0.4, 0.5) is 0 Å². The van der Waals surface area contributed by atoms with Gasteiger partial charge in [0.05, 0.1) is 17.4 Å². The van der Waals surface area contributed by atoms with E-state index in [0.29, 0.717) is 18.8 Å². The maximum Gasteiger partial charge on any atom is 0.222 e. The van der Waals surface area contributed by atoms with Crippen LogP contribution in [0, 0.1) is 0 Å². The molecule has 0 radical (unpaired) electrons. The highest BCUT2D eigenvalue weighted by Gasteiger charge is 2.34. The Morgan fingerprint density at radius 1 is 1.31 bits per heavy atom. The van der Waals surface area contributed by atoms with Crippen molar-refractivity contribution in [2.24, 2.45) is 7.05 Å². The van der Waals surface area contributed by atoms with Crippen molar-refractivity contribution in [1.29, 1.82) is 0 Å². The standard InChI is InChI=1S/C18H22N6O2/c1-23-16(10-25)21-22-18(23)12-8-13(9-12)20-17(26)6-7-24-11-19-14-4-2-3-5-15(14)24/h2-5,11-13,25H,6-10H2,1H3,(H,20,26). The van der Waals surface area contributed by atoms with E-state index >= 15 is 0 Å². The molecule has 1 aliphatic carbocycles. The van der Waals surface area contributed by atoms with Gasteiger partial charge in [-0.3, -0.25) is 4.79 Å². The highest BCUT2D eigenvalue weighted by Crippen LogP contribution is 2.35. The van der Waals surface area contributed by atoms with E-state index in [-0.39, 0.29) is 24.5 Å². The zero-order chi connectivity index (χ0) is 18.1. The first kappa shape index (κ1) is 16.7. The van der Waals surface area contributed by atoms with Gasteiger partial charge in [-0.15, -0.1) is 10.2 Å². The van der Waals surface area contributed by atoms with Crippen molar-refractivity contribution in [3.05, 3.63) is 42.2 Å². The van der Waals surface area contributed by atoms with Gasteiger partial charge in [0.2, 0.25) is 5.91 Å². The minimum absolute atomic E-state index is 0.0558. The van der Waals surface area contributed by atoms with Gasteiger partial charge in [0.15, 0.2) is 5.82 Å². The predicted molar refractivity (Wildman–Crippen MR) is 95.2 cm³/mol. The van der Waals surface area contributed by atoms with Crippen LogP contribution in [0.1, 0.15) is 36.8 Å². The molecular formula is C18H22N6O2. The number of aryl methyl sites for hydroxylation is 1. The number of hydrogen-bond donors (Lipinski definition) is 2. The highest BCUT2D eigenvalue weighted by molar-refractivity contribution is 5.77. The highest BCUT2D eigenvalue weighted by atomic mass is 16.3. The van der Waals surface area contributed by atoms with Crippen LogP contribution in [-0.4, -0.2) is 41.4 Å². The van der Waals surface area contributed by atoms with Crippen LogP contribution < -0.4 is 5.32 Å². The molecular weight excluding hydrogens is 332 g/mol. The van der Waals surface area contributed by atoms with E-state index in [9.17, 15) is 9.90 Å². The van der Waals surface area contributed by atoms with Crippen molar-refractivity contribution >= 4 is 16.9 Å². The molecule has 2 heterocycles. The molecule has 26 heavy (non-hydrogen) atoms. The second kappa shape index (κ2) is 6.87. The molecule has 3 aromatic rings. The van der Waals surface area contributed by atoms with E-state index < -0.39 is 0 Å². The van der Waals surface area contributed by atoms with E-state index in [1.54, 1.807) is 6.33 Å². The number of nitrogens with zero attached hydrogens (tertiary/aromatic N) is 5. The fourth-order valence-corrected chi connectivity index (χ4v) is 3.53. The van der Waals surface area contributed by atoms with Crippen LogP contribution in [-0.2, 0) is 25.0 Å². The molecule has 2 N–H and O–H groups in total. The van der Waals surface area contributed by atoms with Crippen LogP contribution in [0.15, 0.2) is 30.6 Å². The topological polar surface area (TPSA) is 97.9 Å². The third-order valence-electron chi connectivity index (χ3n) is 5.12. The molecule has 1 fully saturated rings. The monoisotopic (exact) mass is 354 g/mol. The number of aliphatic hydroxyl groups excluding tert-OH is 1. The Balaban J connectivity index is 1.27. The molecule has 136 valence electrons. The fraction of sp³-hybridized carbons (Fsp3) is 0.444. The molecule has 0 aliphatic heterocycles. The van der Waals surface area contributed by atoms with E-state index in [0.717, 1.165) is 29.7 Å². The molecule has 1 saturated carbocycles. The summed E-state index contributed by atoms with van der Waals surface area (Å²) in [5.74, 6) is 1.79. The normalized spacial score (nSPS) is 19.5. The maximum atomic E-state index is 12.2. The number of aromatic nitrogens is 5. The second-order valence-corrected chi connectivity index (χ2v) is 6.80. The van der Waals surface area contributed by atoms with Gasteiger partial charge >= 0.3 is 0 Å². The minimum Gasteiger partial charge on any atom is -0.388 e. The van der Waals surface area contributed by atoms with Crippen LogP contribution in [0.25, 0.3) is 11.0 Å². The first-order valence-corrected chi connectivity index (χ1v) is 8.84. The number of carbonyl (C=O) groups is 1. The number of amides is 1. The van der Waals surface area contributed by atoms with Crippen molar-refractivity contribution in [3.8, 4) is 0 Å². The van der Waals surface area contributed by atoms with Gasteiger partial charge < -0.3 is 19.6 Å². The van der Waals surface area contributed by atoms with Crippen molar-refractivity contribution in [2.75, 3.05) is 0 Å². The molecule has 0 atom stereocenters. The third kappa shape index (κ3) is 3.08. The molecule has 1 aliphatic rings. The van der Waals surface area contributed by atoms with Gasteiger partial charge in [-0.1, -0.05) is 12.1 Å². The second-order valence-electron chi connectivity index (χ2n) is 6.80. The van der Waals surface area contributed by atoms with Gasteiger partial charge in [-0.2, -0.15) is 0 Å². The van der Waals surface area contributed by atoms with Gasteiger partial charge in [-0.05, 0) is 25.0 Å². The molecule has 4 rings (SSSR count). The van der Waals surface area contributed by atoms with Crippen LogP contribution in [0.2, 0.25) is 0 Å². The van der Waals surface area contributed by atoms with Gasteiger partial charge in [0.1, 0.15) is 12.4 Å². The SMILES string of the molecule is Cn1c(CO)nnc1C1CC(NC(=O)CCn2cnc3ccccc32)C1. The third-order valence-corrected chi connectivity index (χ3v) is 5.12. The molecule has 1 amide bonds. The molecule has 8 heteroatoms. The number of nitrogens with one attached hydrogen (secondary N) is 1. The summed E-state index contributed by atoms with van der Waals surface area (Å²) in [6, 6.07) is 8.10. The summed E-state index contributed by atoms with van der Waals surface area (Å²) in [5, 5.41) is 20.4. The minimum atomic E-state index is -0.112. The Morgan fingerprint density at radius 2 is 2.12 bits per heavy atom. The molecule has 8 nitrogen and oxygen atoms in total. The molecule has 0 bridgehead atoms. The fourth-order valence-electron chi connectivity index (χ4n) is 3.53. The number of fused-ring (bicyclic) bond motifs is 1. The molecule has 0 spiro atoms. The van der Waals surface area contributed by atoms with E-state index in [2.05, 4.69) is 20.5 Å². The Bertz CT molecular complexity index is 925. The van der Waals surface area contributed by atoms with Crippen LogP contribution in [0.3, 0.4) is 0 Å². The largest absolute Gasteiger partial charge is 0.388 e. The summed E-state index contributed by atoms with van der Waals surface area (Å²) in [5.41, 5.74) is 1.99. The summed E-state index contributed by atoms with van der Waals surface area (Å²) >= 11 is 0. The number of carbonyl (C=O) groups excluding carboxylic acids is 1. The number of hydrogen-bond acceptors (Lipinski definition) is 5. The molecule has 0 unspecified atom stereocenters. The number of rotatable bonds is 6. The Kier molecular flexibility index (Phi) is 4.42. The average molecular weight is 354 g/mol. The molecule has 2 aromatic heterocycles. The lowest BCUT2D eigenvalue weighted by Crippen LogP contribution is -2.44. The number of para-hydroxylation sites is 2. The van der Waals surface area contributed by atoms with Gasteiger partial charge in [0, 0.05) is 32.0 Å². The Hall–Kier alpha value is -2.74. The zero-order valence-corrected chi connectivity index (χ0v) is 14.7. The molecule has 1 aromatic carbocycles. The number of imidazole rings is 1. The quantitative estimate of drug-likeness (QED) is 0.691. The maximum absolute atomic E-state index is 12.2. The summed E-state index contributed by atoms with van der Waals surface area (Å²) in [7, 11) is 1.86. The van der Waals surface area contributed by atoms with E-state index in [4.69, 9.17) is 0 Å². The average Bonchev–Trinajstić information content (AvgIpc) is 3.19. The van der Waals surface area contributed by atoms with Crippen LogP contribution in [0.5, 0.6) is 0 Å². The molecule has 0 saturated heterocycles. The first-order chi connectivity index (χ1) is 12.7. The lowest BCUT2D eigenvalue weighted by molar-refractivity contribution is -0.122. The lowest BCUT2D eigenvalue weighted by Gasteiger charge is -2.35. The van der Waals surface area contributed by atoms with Gasteiger partial charge in [-0.25, -0.2) is 4.98 Å². The Labute approximate surface area is 150 Å². The smallest absolute Gasteiger partial charge is 0.222 e. The van der Waals surface area contributed by atoms with Crippen molar-refractivity contribution in [1.82, 2.24) is 29.6 Å². The zero-order valence-electron chi connectivity index (χ0n) is 14.7. The Morgan fingerprint density at radius 3 is 2.88 bits per heavy atom. The van der Waals surface area contributed by atoms with Crippen LogP contribution >= 0.6 is 0 Å². The lowest BCUT2D eigenvalue weighted by atomic mass is 9.79.